The number of hydrogen-bond acceptors (Lipinski definition) is 6. The third kappa shape index (κ3) is 5.95. The van der Waals surface area contributed by atoms with Gasteiger partial charge in [-0.05, 0) is 45.6 Å². The molecule has 1 aliphatic rings. The van der Waals surface area contributed by atoms with Crippen LogP contribution >= 0.6 is 11.8 Å². The van der Waals surface area contributed by atoms with Crippen LogP contribution in [0.2, 0.25) is 0 Å². The number of benzene rings is 1. The Morgan fingerprint density at radius 2 is 2.03 bits per heavy atom. The second-order valence-corrected chi connectivity index (χ2v) is 8.80. The van der Waals surface area contributed by atoms with Crippen LogP contribution in [0.3, 0.4) is 0 Å². The molecule has 1 heterocycles. The Kier molecular flexibility index (Phi) is 8.40. The number of quaternary nitrogens is 1. The maximum absolute atomic E-state index is 12.8. The van der Waals surface area contributed by atoms with Gasteiger partial charge in [-0.2, -0.15) is 4.98 Å². The number of anilines is 1. The van der Waals surface area contributed by atoms with Crippen LogP contribution < -0.4 is 15.9 Å². The van der Waals surface area contributed by atoms with Crippen LogP contribution in [0.15, 0.2) is 34.1 Å². The molecule has 3 rings (SSSR count). The van der Waals surface area contributed by atoms with Crippen LogP contribution in [0.25, 0.3) is 0 Å². The zero-order valence-corrected chi connectivity index (χ0v) is 19.4. The molecule has 2 N–H and O–H groups in total. The molecule has 10 heteroatoms. The quantitative estimate of drug-likeness (QED) is 0.242. The van der Waals surface area contributed by atoms with Crippen molar-refractivity contribution >= 4 is 29.0 Å². The Balaban J connectivity index is 1.72. The SMILES string of the molecule is CC[NH+](CC)CCn1c2c(c(SCC(=O)Nc3cccc([N+](=O)[O-])c3)nc1=O)CCCC2. The van der Waals surface area contributed by atoms with Gasteiger partial charge < -0.3 is 10.2 Å². The second-order valence-electron chi connectivity index (χ2n) is 7.83. The summed E-state index contributed by atoms with van der Waals surface area (Å²) < 4.78 is 1.83. The van der Waals surface area contributed by atoms with Crippen molar-refractivity contribution in [2.24, 2.45) is 0 Å². The molecule has 0 spiro atoms. The van der Waals surface area contributed by atoms with E-state index in [0.717, 1.165) is 56.6 Å². The Morgan fingerprint density at radius 3 is 2.75 bits per heavy atom. The first-order valence-electron chi connectivity index (χ1n) is 11.1. The van der Waals surface area contributed by atoms with Crippen molar-refractivity contribution in [3.05, 3.63) is 56.1 Å². The molecule has 1 aliphatic carbocycles. The minimum absolute atomic E-state index is 0.0786. The Hall–Kier alpha value is -2.72. The minimum Gasteiger partial charge on any atom is -0.334 e. The minimum atomic E-state index is -0.503. The number of nitro groups is 1. The van der Waals surface area contributed by atoms with Gasteiger partial charge in [0.2, 0.25) is 5.91 Å². The summed E-state index contributed by atoms with van der Waals surface area (Å²) in [6.45, 7) is 7.88. The van der Waals surface area contributed by atoms with E-state index >= 15 is 0 Å². The third-order valence-corrected chi connectivity index (χ3v) is 6.84. The molecule has 0 atom stereocenters. The number of hydrogen-bond donors (Lipinski definition) is 2. The molecule has 0 fully saturated rings. The second kappa shape index (κ2) is 11.2. The topological polar surface area (TPSA) is 112 Å². The van der Waals surface area contributed by atoms with Crippen LogP contribution in [0.1, 0.15) is 37.9 Å². The lowest BCUT2D eigenvalue weighted by Gasteiger charge is -2.23. The van der Waals surface area contributed by atoms with Gasteiger partial charge in [0.25, 0.3) is 5.69 Å². The van der Waals surface area contributed by atoms with Crippen LogP contribution in [0.5, 0.6) is 0 Å². The Labute approximate surface area is 191 Å². The highest BCUT2D eigenvalue weighted by atomic mass is 32.2. The molecule has 9 nitrogen and oxygen atoms in total. The van der Waals surface area contributed by atoms with Crippen molar-refractivity contribution in [1.82, 2.24) is 9.55 Å². The highest BCUT2D eigenvalue weighted by Crippen LogP contribution is 2.28. The van der Waals surface area contributed by atoms with E-state index in [1.807, 2.05) is 4.57 Å². The lowest BCUT2D eigenvalue weighted by atomic mass is 9.97. The van der Waals surface area contributed by atoms with E-state index < -0.39 is 4.92 Å². The molecule has 32 heavy (non-hydrogen) atoms. The number of nitrogens with one attached hydrogen (secondary N) is 2. The predicted molar refractivity (Wildman–Crippen MR) is 125 cm³/mol. The van der Waals surface area contributed by atoms with E-state index in [0.29, 0.717) is 17.3 Å². The Bertz CT molecular complexity index is 1040. The summed E-state index contributed by atoms with van der Waals surface area (Å²) >= 11 is 1.25. The third-order valence-electron chi connectivity index (χ3n) is 5.82. The summed E-state index contributed by atoms with van der Waals surface area (Å²) in [4.78, 5) is 41.4. The Morgan fingerprint density at radius 1 is 1.28 bits per heavy atom. The molecule has 2 aromatic rings. The molecule has 172 valence electrons. The van der Waals surface area contributed by atoms with E-state index in [2.05, 4.69) is 24.1 Å². The molecule has 0 unspecified atom stereocenters. The van der Waals surface area contributed by atoms with Crippen molar-refractivity contribution in [2.75, 3.05) is 30.7 Å². The summed E-state index contributed by atoms with van der Waals surface area (Å²) in [6.07, 6.45) is 3.80. The van der Waals surface area contributed by atoms with Crippen molar-refractivity contribution in [2.45, 2.75) is 51.1 Å². The number of non-ortho nitro benzene ring substituents is 1. The molecule has 1 aromatic heterocycles. The summed E-state index contributed by atoms with van der Waals surface area (Å²) in [5, 5.41) is 14.2. The first-order chi connectivity index (χ1) is 15.4. The lowest BCUT2D eigenvalue weighted by Crippen LogP contribution is -3.11. The highest BCUT2D eigenvalue weighted by molar-refractivity contribution is 8.00. The van der Waals surface area contributed by atoms with Gasteiger partial charge in [-0.1, -0.05) is 17.8 Å². The number of aromatic nitrogens is 2. The van der Waals surface area contributed by atoms with E-state index in [4.69, 9.17) is 0 Å². The molecule has 0 radical (unpaired) electrons. The number of amides is 1. The molecular formula is C22H30N5O4S+. The van der Waals surface area contributed by atoms with E-state index in [-0.39, 0.29) is 23.0 Å². The molecule has 0 aliphatic heterocycles. The highest BCUT2D eigenvalue weighted by Gasteiger charge is 2.22. The van der Waals surface area contributed by atoms with E-state index in [9.17, 15) is 19.7 Å². The number of likely N-dealkylation sites (N-methyl/N-ethyl adjacent to an activating group) is 1. The fourth-order valence-corrected chi connectivity index (χ4v) is 4.88. The number of carbonyl (C=O) groups is 1. The zero-order valence-electron chi connectivity index (χ0n) is 18.6. The fraction of sp³-hybridized carbons (Fsp3) is 0.500. The monoisotopic (exact) mass is 460 g/mol. The number of nitro benzene ring substituents is 1. The molecule has 0 saturated heterocycles. The van der Waals surface area contributed by atoms with Crippen LogP contribution in [-0.4, -0.2) is 45.8 Å². The zero-order chi connectivity index (χ0) is 23.1. The predicted octanol–water partition coefficient (Wildman–Crippen LogP) is 1.69. The van der Waals surface area contributed by atoms with Crippen LogP contribution in [-0.2, 0) is 24.2 Å². The van der Waals surface area contributed by atoms with Crippen molar-refractivity contribution in [3.8, 4) is 0 Å². The molecule has 0 bridgehead atoms. The fourth-order valence-electron chi connectivity index (χ4n) is 4.00. The number of carbonyl (C=O) groups excluding carboxylic acids is 1. The number of rotatable bonds is 10. The number of fused-ring (bicyclic) bond motifs is 1. The number of thioether (sulfide) groups is 1. The van der Waals surface area contributed by atoms with Gasteiger partial charge in [-0.3, -0.25) is 19.5 Å². The van der Waals surface area contributed by atoms with Crippen LogP contribution in [0.4, 0.5) is 11.4 Å². The maximum atomic E-state index is 12.8. The van der Waals surface area contributed by atoms with Crippen molar-refractivity contribution in [1.29, 1.82) is 0 Å². The first-order valence-corrected chi connectivity index (χ1v) is 12.0. The summed E-state index contributed by atoms with van der Waals surface area (Å²) in [7, 11) is 0. The normalized spacial score (nSPS) is 13.1. The standard InChI is InChI=1S/C22H29N5O4S/c1-3-25(4-2)12-13-26-19-11-6-5-10-18(19)21(24-22(26)29)32-15-20(28)23-16-8-7-9-17(14-16)27(30)31/h7-9,14H,3-6,10-13,15H2,1-2H3,(H,23,28)/p+1. The smallest absolute Gasteiger partial charge is 0.334 e. The molecular weight excluding hydrogens is 430 g/mol. The molecule has 1 amide bonds. The van der Waals surface area contributed by atoms with Crippen molar-refractivity contribution < 1.29 is 14.6 Å². The van der Waals surface area contributed by atoms with Gasteiger partial charge in [-0.15, -0.1) is 0 Å². The van der Waals surface area contributed by atoms with Gasteiger partial charge in [0, 0.05) is 29.1 Å². The van der Waals surface area contributed by atoms with E-state index in [1.165, 1.54) is 34.9 Å². The molecule has 0 saturated carbocycles. The van der Waals surface area contributed by atoms with Gasteiger partial charge in [0.1, 0.15) is 5.03 Å². The lowest BCUT2D eigenvalue weighted by molar-refractivity contribution is -0.897. The molecule has 1 aromatic carbocycles. The summed E-state index contributed by atoms with van der Waals surface area (Å²) in [6, 6.07) is 5.83. The van der Waals surface area contributed by atoms with Gasteiger partial charge in [0.05, 0.1) is 36.9 Å². The summed E-state index contributed by atoms with van der Waals surface area (Å²) in [5.74, 6) is -0.217. The number of nitrogens with zero attached hydrogens (tertiary/aromatic N) is 3. The van der Waals surface area contributed by atoms with Gasteiger partial charge in [0.15, 0.2) is 0 Å². The van der Waals surface area contributed by atoms with Crippen LogP contribution in [0, 0.1) is 10.1 Å². The first kappa shape index (κ1) is 23.9. The van der Waals surface area contributed by atoms with Gasteiger partial charge >= 0.3 is 5.69 Å². The maximum Gasteiger partial charge on any atom is 0.349 e. The average molecular weight is 461 g/mol. The average Bonchev–Trinajstić information content (AvgIpc) is 2.79. The largest absolute Gasteiger partial charge is 0.349 e. The van der Waals surface area contributed by atoms with Gasteiger partial charge in [-0.25, -0.2) is 4.79 Å². The summed E-state index contributed by atoms with van der Waals surface area (Å²) in [5.41, 5.74) is 2.18. The van der Waals surface area contributed by atoms with E-state index in [1.54, 1.807) is 6.07 Å². The van der Waals surface area contributed by atoms with Crippen molar-refractivity contribution in [3.63, 3.8) is 0 Å².